The number of H-pyrrole nitrogens is 1. The maximum atomic E-state index is 13.6. The molecule has 0 spiro atoms. The number of aromatic nitrogens is 2. The maximum absolute atomic E-state index is 13.6. The highest BCUT2D eigenvalue weighted by atomic mass is 32.2. The van der Waals surface area contributed by atoms with Crippen LogP contribution in [0.3, 0.4) is 0 Å². The summed E-state index contributed by atoms with van der Waals surface area (Å²) >= 11 is 0. The Morgan fingerprint density at radius 2 is 2.00 bits per heavy atom. The number of halogens is 1. The highest BCUT2D eigenvalue weighted by Gasteiger charge is 2.23. The highest BCUT2D eigenvalue weighted by molar-refractivity contribution is 7.90. The minimum atomic E-state index is -3.71. The first-order chi connectivity index (χ1) is 8.80. The molecule has 0 aliphatic heterocycles. The zero-order valence-electron chi connectivity index (χ0n) is 9.71. The first-order valence-electron chi connectivity index (χ1n) is 5.09. The Morgan fingerprint density at radius 3 is 2.53 bits per heavy atom. The summed E-state index contributed by atoms with van der Waals surface area (Å²) in [7, 11) is -3.71. The fourth-order valence-electron chi connectivity index (χ4n) is 1.53. The van der Waals surface area contributed by atoms with E-state index in [1.54, 1.807) is 0 Å². The summed E-state index contributed by atoms with van der Waals surface area (Å²) in [5.41, 5.74) is -0.789. The number of carboxylic acid groups (broad SMARTS) is 1. The van der Waals surface area contributed by atoms with Gasteiger partial charge in [-0.15, -0.1) is 0 Å². The summed E-state index contributed by atoms with van der Waals surface area (Å²) in [6.45, 7) is 0. The average molecular weight is 284 g/mol. The van der Waals surface area contributed by atoms with Crippen LogP contribution in [-0.4, -0.2) is 35.7 Å². The summed E-state index contributed by atoms with van der Waals surface area (Å²) in [5, 5.41) is 8.50. The minimum absolute atomic E-state index is 0.0777. The van der Waals surface area contributed by atoms with Crippen LogP contribution in [-0.2, 0) is 9.84 Å². The number of nitrogens with one attached hydrogen (secondary N) is 1. The van der Waals surface area contributed by atoms with E-state index in [9.17, 15) is 17.6 Å². The number of carbonyl (C=O) groups is 1. The molecule has 0 saturated carbocycles. The van der Waals surface area contributed by atoms with E-state index >= 15 is 0 Å². The van der Waals surface area contributed by atoms with Crippen molar-refractivity contribution >= 4 is 15.8 Å². The number of aromatic carboxylic acids is 1. The molecule has 0 fully saturated rings. The van der Waals surface area contributed by atoms with E-state index in [4.69, 9.17) is 5.11 Å². The van der Waals surface area contributed by atoms with Gasteiger partial charge in [0.25, 0.3) is 0 Å². The standard InChI is InChI=1S/C11H9FN2O4S/c1-19(17,18)11-13-8(9(14-11)10(15)16)6-4-2-3-5-7(6)12/h2-5H,1H3,(H,13,14)(H,15,16). The lowest BCUT2D eigenvalue weighted by atomic mass is 10.1. The molecule has 100 valence electrons. The smallest absolute Gasteiger partial charge is 0.354 e. The number of sulfone groups is 1. The zero-order chi connectivity index (χ0) is 14.2. The molecule has 1 aromatic heterocycles. The van der Waals surface area contributed by atoms with Gasteiger partial charge in [-0.05, 0) is 12.1 Å². The fraction of sp³-hybridized carbons (Fsp3) is 0.0909. The lowest BCUT2D eigenvalue weighted by Gasteiger charge is -1.99. The average Bonchev–Trinajstić information content (AvgIpc) is 2.74. The van der Waals surface area contributed by atoms with Crippen molar-refractivity contribution in [3.8, 4) is 11.3 Å². The Bertz CT molecular complexity index is 752. The van der Waals surface area contributed by atoms with Gasteiger partial charge in [-0.25, -0.2) is 22.6 Å². The van der Waals surface area contributed by atoms with Crippen LogP contribution in [0.1, 0.15) is 10.5 Å². The number of aromatic amines is 1. The number of hydrogen-bond donors (Lipinski definition) is 2. The predicted molar refractivity (Wildman–Crippen MR) is 64.1 cm³/mol. The van der Waals surface area contributed by atoms with Crippen LogP contribution < -0.4 is 0 Å². The Hall–Kier alpha value is -2.22. The normalized spacial score (nSPS) is 11.5. The first kappa shape index (κ1) is 13.2. The van der Waals surface area contributed by atoms with Gasteiger partial charge in [0, 0.05) is 11.8 Å². The Labute approximate surface area is 107 Å². The van der Waals surface area contributed by atoms with Crippen molar-refractivity contribution < 1.29 is 22.7 Å². The molecule has 0 radical (unpaired) electrons. The van der Waals surface area contributed by atoms with Crippen molar-refractivity contribution in [2.24, 2.45) is 0 Å². The van der Waals surface area contributed by atoms with Gasteiger partial charge >= 0.3 is 5.97 Å². The molecule has 2 aromatic rings. The van der Waals surface area contributed by atoms with Crippen LogP contribution in [0.25, 0.3) is 11.3 Å². The van der Waals surface area contributed by atoms with E-state index in [1.165, 1.54) is 18.2 Å². The quantitative estimate of drug-likeness (QED) is 0.885. The third kappa shape index (κ3) is 2.48. The van der Waals surface area contributed by atoms with Crippen molar-refractivity contribution in [3.05, 3.63) is 35.8 Å². The van der Waals surface area contributed by atoms with Gasteiger partial charge in [-0.2, -0.15) is 0 Å². The van der Waals surface area contributed by atoms with E-state index in [2.05, 4.69) is 9.97 Å². The van der Waals surface area contributed by atoms with Crippen molar-refractivity contribution in [3.63, 3.8) is 0 Å². The molecule has 1 heterocycles. The van der Waals surface area contributed by atoms with Crippen LogP contribution in [0.5, 0.6) is 0 Å². The van der Waals surface area contributed by atoms with Crippen LogP contribution in [0.2, 0.25) is 0 Å². The molecule has 0 aliphatic rings. The zero-order valence-corrected chi connectivity index (χ0v) is 10.5. The summed E-state index contributed by atoms with van der Waals surface area (Å²) < 4.78 is 36.3. The topological polar surface area (TPSA) is 100 Å². The molecule has 0 saturated heterocycles. The van der Waals surface area contributed by atoms with Crippen molar-refractivity contribution in [1.29, 1.82) is 0 Å². The second-order valence-electron chi connectivity index (χ2n) is 3.82. The fourth-order valence-corrected chi connectivity index (χ4v) is 2.07. The molecule has 1 aromatic carbocycles. The number of hydrogen-bond acceptors (Lipinski definition) is 4. The van der Waals surface area contributed by atoms with Crippen LogP contribution in [0.4, 0.5) is 4.39 Å². The molecular weight excluding hydrogens is 275 g/mol. The largest absolute Gasteiger partial charge is 0.477 e. The van der Waals surface area contributed by atoms with Gasteiger partial charge in [0.05, 0.1) is 0 Å². The van der Waals surface area contributed by atoms with E-state index in [0.29, 0.717) is 0 Å². The molecule has 0 aliphatic carbocycles. The van der Waals surface area contributed by atoms with E-state index in [-0.39, 0.29) is 11.3 Å². The van der Waals surface area contributed by atoms with Crippen molar-refractivity contribution in [2.45, 2.75) is 5.16 Å². The third-order valence-corrected chi connectivity index (χ3v) is 3.27. The number of imidazole rings is 1. The molecule has 0 atom stereocenters. The van der Waals surface area contributed by atoms with E-state index < -0.39 is 32.5 Å². The maximum Gasteiger partial charge on any atom is 0.354 e. The summed E-state index contributed by atoms with van der Waals surface area (Å²) in [4.78, 5) is 16.9. The third-order valence-electron chi connectivity index (χ3n) is 2.38. The van der Waals surface area contributed by atoms with Gasteiger partial charge in [-0.1, -0.05) is 12.1 Å². The van der Waals surface area contributed by atoms with Crippen molar-refractivity contribution in [1.82, 2.24) is 9.97 Å². The Morgan fingerprint density at radius 1 is 1.37 bits per heavy atom. The molecule has 2 rings (SSSR count). The molecule has 2 N–H and O–H groups in total. The SMILES string of the molecule is CS(=O)(=O)c1nc(-c2ccccc2F)c(C(=O)O)[nH]1. The van der Waals surface area contributed by atoms with Gasteiger partial charge in [0.1, 0.15) is 11.5 Å². The number of rotatable bonds is 3. The monoisotopic (exact) mass is 284 g/mol. The van der Waals surface area contributed by atoms with Crippen LogP contribution in [0, 0.1) is 5.82 Å². The second kappa shape index (κ2) is 4.47. The second-order valence-corrected chi connectivity index (χ2v) is 5.75. The van der Waals surface area contributed by atoms with Gasteiger partial charge in [0.2, 0.25) is 15.0 Å². The number of benzene rings is 1. The lowest BCUT2D eigenvalue weighted by molar-refractivity contribution is 0.0691. The molecule has 8 heteroatoms. The lowest BCUT2D eigenvalue weighted by Crippen LogP contribution is -2.02. The van der Waals surface area contributed by atoms with E-state index in [1.807, 2.05) is 0 Å². The Kier molecular flexibility index (Phi) is 3.11. The molecule has 0 bridgehead atoms. The molecule has 19 heavy (non-hydrogen) atoms. The summed E-state index contributed by atoms with van der Waals surface area (Å²) in [6, 6.07) is 5.39. The van der Waals surface area contributed by atoms with Gasteiger partial charge in [-0.3, -0.25) is 0 Å². The number of carboxylic acids is 1. The molecular formula is C11H9FN2O4S. The minimum Gasteiger partial charge on any atom is -0.477 e. The van der Waals surface area contributed by atoms with Crippen LogP contribution >= 0.6 is 0 Å². The Balaban J connectivity index is 2.73. The predicted octanol–water partition coefficient (Wildman–Crippen LogP) is 1.32. The first-order valence-corrected chi connectivity index (χ1v) is 6.98. The molecule has 0 amide bonds. The van der Waals surface area contributed by atoms with Gasteiger partial charge in [0.15, 0.2) is 5.69 Å². The molecule has 6 nitrogen and oxygen atoms in total. The van der Waals surface area contributed by atoms with Crippen molar-refractivity contribution in [2.75, 3.05) is 6.26 Å². The summed E-state index contributed by atoms with van der Waals surface area (Å²) in [5.74, 6) is -2.10. The van der Waals surface area contributed by atoms with Crippen LogP contribution in [0.15, 0.2) is 29.4 Å². The summed E-state index contributed by atoms with van der Waals surface area (Å²) in [6.07, 6.45) is 0.878. The van der Waals surface area contributed by atoms with E-state index in [0.717, 1.165) is 12.3 Å². The highest BCUT2D eigenvalue weighted by Crippen LogP contribution is 2.25. The number of nitrogens with zero attached hydrogens (tertiary/aromatic N) is 1. The molecule has 0 unspecified atom stereocenters. The van der Waals surface area contributed by atoms with Gasteiger partial charge < -0.3 is 10.1 Å².